The van der Waals surface area contributed by atoms with Crippen molar-refractivity contribution in [3.05, 3.63) is 149 Å². The number of hydrogen-bond donors (Lipinski definition) is 0. The SMILES string of the molecule is Cc1cc2c(cc1OC(=O)c1ccccc1)C1(CCO2)CCOc2cc(OC(=O)c3ccccc3)c(OC(=O)c3ccccc3)cc21. The van der Waals surface area contributed by atoms with Gasteiger partial charge in [0, 0.05) is 22.6 Å². The lowest BCUT2D eigenvalue weighted by atomic mass is 9.67. The predicted octanol–water partition coefficient (Wildman–Crippen LogP) is 7.50. The number of rotatable bonds is 6. The Balaban J connectivity index is 1.32. The molecule has 1 unspecified atom stereocenters. The summed E-state index contributed by atoms with van der Waals surface area (Å²) in [7, 11) is 0. The zero-order valence-corrected chi connectivity index (χ0v) is 25.6. The molecule has 1 atom stereocenters. The second-order valence-electron chi connectivity index (χ2n) is 11.5. The number of carbonyl (C=O) groups is 3. The summed E-state index contributed by atoms with van der Waals surface area (Å²) in [4.78, 5) is 39.5. The van der Waals surface area contributed by atoms with Crippen molar-refractivity contribution in [1.29, 1.82) is 0 Å². The Kier molecular flexibility index (Phi) is 7.91. The quantitative estimate of drug-likeness (QED) is 0.141. The van der Waals surface area contributed by atoms with Crippen molar-refractivity contribution in [3.63, 3.8) is 0 Å². The van der Waals surface area contributed by atoms with Gasteiger partial charge in [0.1, 0.15) is 17.2 Å². The summed E-state index contributed by atoms with van der Waals surface area (Å²) < 4.78 is 29.9. The summed E-state index contributed by atoms with van der Waals surface area (Å²) in [6.07, 6.45) is 1.17. The molecule has 0 aromatic heterocycles. The van der Waals surface area contributed by atoms with Gasteiger partial charge in [-0.3, -0.25) is 0 Å². The topological polar surface area (TPSA) is 97.4 Å². The molecular weight excluding hydrogens is 596 g/mol. The molecule has 0 radical (unpaired) electrons. The van der Waals surface area contributed by atoms with E-state index in [0.717, 1.165) is 16.7 Å². The van der Waals surface area contributed by atoms with Crippen LogP contribution in [0.3, 0.4) is 0 Å². The van der Waals surface area contributed by atoms with Crippen LogP contribution in [0.1, 0.15) is 60.6 Å². The molecule has 8 nitrogen and oxygen atoms in total. The van der Waals surface area contributed by atoms with Gasteiger partial charge in [0.25, 0.3) is 0 Å². The Labute approximate surface area is 271 Å². The van der Waals surface area contributed by atoms with Crippen molar-refractivity contribution >= 4 is 17.9 Å². The standard InChI is InChI=1S/C39H30O8/c1-25-21-32-29(22-31(25)45-36(40)26-11-5-2-6-12-26)39(17-19-43-32)18-20-44-33-24-35(47-38(42)28-15-9-4-10-16-28)34(23-30(33)39)46-37(41)27-13-7-3-8-14-27/h2-16,21-24H,17-20H2,1H3. The minimum atomic E-state index is -0.640. The van der Waals surface area contributed by atoms with Crippen LogP contribution < -0.4 is 23.7 Å². The molecule has 1 spiro atoms. The van der Waals surface area contributed by atoms with Crippen molar-refractivity contribution in [2.75, 3.05) is 13.2 Å². The van der Waals surface area contributed by atoms with Gasteiger partial charge < -0.3 is 23.7 Å². The van der Waals surface area contributed by atoms with Crippen LogP contribution in [0.15, 0.2) is 115 Å². The van der Waals surface area contributed by atoms with Crippen LogP contribution in [0, 0.1) is 6.92 Å². The minimum absolute atomic E-state index is 0.0487. The summed E-state index contributed by atoms with van der Waals surface area (Å²) >= 11 is 0. The van der Waals surface area contributed by atoms with Crippen LogP contribution in [-0.2, 0) is 5.41 Å². The highest BCUT2D eigenvalue weighted by Crippen LogP contribution is 2.54. The van der Waals surface area contributed by atoms with Gasteiger partial charge >= 0.3 is 17.9 Å². The lowest BCUT2D eigenvalue weighted by molar-refractivity contribution is 0.0680. The average Bonchev–Trinajstić information content (AvgIpc) is 3.10. The predicted molar refractivity (Wildman–Crippen MR) is 173 cm³/mol. The van der Waals surface area contributed by atoms with E-state index in [1.165, 1.54) is 0 Å². The normalized spacial score (nSPS) is 16.1. The molecule has 0 fully saturated rings. The van der Waals surface area contributed by atoms with Gasteiger partial charge in [-0.05, 0) is 79.9 Å². The van der Waals surface area contributed by atoms with Gasteiger partial charge in [-0.15, -0.1) is 0 Å². The highest BCUT2D eigenvalue weighted by molar-refractivity contribution is 5.93. The number of hydrogen-bond acceptors (Lipinski definition) is 8. The molecule has 234 valence electrons. The second kappa shape index (κ2) is 12.5. The number of carbonyl (C=O) groups excluding carboxylic acids is 3. The van der Waals surface area contributed by atoms with E-state index in [-0.39, 0.29) is 11.5 Å². The third-order valence-corrected chi connectivity index (χ3v) is 8.56. The highest BCUT2D eigenvalue weighted by Gasteiger charge is 2.45. The zero-order chi connectivity index (χ0) is 32.4. The molecule has 0 amide bonds. The molecule has 0 N–H and O–H groups in total. The number of esters is 3. The molecule has 2 aliphatic heterocycles. The van der Waals surface area contributed by atoms with E-state index in [1.54, 1.807) is 97.1 Å². The summed E-state index contributed by atoms with van der Waals surface area (Å²) in [6, 6.07) is 33.0. The Morgan fingerprint density at radius 1 is 0.532 bits per heavy atom. The van der Waals surface area contributed by atoms with Gasteiger partial charge in [-0.2, -0.15) is 0 Å². The van der Waals surface area contributed by atoms with E-state index >= 15 is 0 Å². The van der Waals surface area contributed by atoms with Crippen LogP contribution in [0.2, 0.25) is 0 Å². The van der Waals surface area contributed by atoms with Gasteiger partial charge in [0.05, 0.1) is 29.9 Å². The molecule has 5 aromatic carbocycles. The minimum Gasteiger partial charge on any atom is -0.493 e. The maximum absolute atomic E-state index is 13.3. The largest absolute Gasteiger partial charge is 0.493 e. The molecule has 5 aromatic rings. The monoisotopic (exact) mass is 626 g/mol. The number of fused-ring (bicyclic) bond motifs is 4. The number of benzene rings is 5. The van der Waals surface area contributed by atoms with E-state index in [1.807, 2.05) is 25.1 Å². The van der Waals surface area contributed by atoms with E-state index < -0.39 is 23.3 Å². The molecule has 0 saturated heterocycles. The van der Waals surface area contributed by atoms with E-state index in [9.17, 15) is 14.4 Å². The molecule has 0 bridgehead atoms. The lowest BCUT2D eigenvalue weighted by Gasteiger charge is -2.43. The van der Waals surface area contributed by atoms with Crippen LogP contribution in [-0.4, -0.2) is 31.1 Å². The van der Waals surface area contributed by atoms with Crippen molar-refractivity contribution < 1.29 is 38.1 Å². The summed E-state index contributed by atoms with van der Waals surface area (Å²) in [5.74, 6) is 0.0180. The molecule has 8 heteroatoms. The zero-order valence-electron chi connectivity index (χ0n) is 25.6. The van der Waals surface area contributed by atoms with Gasteiger partial charge in [-0.25, -0.2) is 14.4 Å². The fourth-order valence-corrected chi connectivity index (χ4v) is 6.14. The lowest BCUT2D eigenvalue weighted by Crippen LogP contribution is -2.39. The van der Waals surface area contributed by atoms with Crippen LogP contribution >= 0.6 is 0 Å². The third kappa shape index (κ3) is 5.81. The van der Waals surface area contributed by atoms with Crippen LogP contribution in [0.5, 0.6) is 28.7 Å². The average molecular weight is 627 g/mol. The van der Waals surface area contributed by atoms with Crippen molar-refractivity contribution in [1.82, 2.24) is 0 Å². The van der Waals surface area contributed by atoms with Crippen molar-refractivity contribution in [3.8, 4) is 28.7 Å². The number of ether oxygens (including phenoxy) is 5. The maximum atomic E-state index is 13.3. The van der Waals surface area contributed by atoms with Gasteiger partial charge in [0.15, 0.2) is 11.5 Å². The first-order valence-corrected chi connectivity index (χ1v) is 15.3. The van der Waals surface area contributed by atoms with E-state index in [4.69, 9.17) is 23.7 Å². The molecule has 7 rings (SSSR count). The van der Waals surface area contributed by atoms with Gasteiger partial charge in [-0.1, -0.05) is 54.6 Å². The molecule has 0 saturated carbocycles. The van der Waals surface area contributed by atoms with Gasteiger partial charge in [0.2, 0.25) is 0 Å². The van der Waals surface area contributed by atoms with E-state index in [2.05, 4.69) is 0 Å². The number of aryl methyl sites for hydroxylation is 1. The molecule has 2 heterocycles. The third-order valence-electron chi connectivity index (χ3n) is 8.56. The highest BCUT2D eigenvalue weighted by atomic mass is 16.6. The fourth-order valence-electron chi connectivity index (χ4n) is 6.14. The Hall–Kier alpha value is -5.89. The summed E-state index contributed by atoms with van der Waals surface area (Å²) in [5.41, 5.74) is 2.80. The van der Waals surface area contributed by atoms with E-state index in [0.29, 0.717) is 60.0 Å². The van der Waals surface area contributed by atoms with Crippen molar-refractivity contribution in [2.45, 2.75) is 25.2 Å². The summed E-state index contributed by atoms with van der Waals surface area (Å²) in [5, 5.41) is 0. The molecular formula is C39H30O8. The Morgan fingerprint density at radius 3 is 1.38 bits per heavy atom. The second-order valence-corrected chi connectivity index (χ2v) is 11.5. The van der Waals surface area contributed by atoms with Crippen LogP contribution in [0.4, 0.5) is 0 Å². The van der Waals surface area contributed by atoms with Crippen molar-refractivity contribution in [2.24, 2.45) is 0 Å². The molecule has 2 aliphatic rings. The first kappa shape index (κ1) is 29.8. The molecule has 47 heavy (non-hydrogen) atoms. The maximum Gasteiger partial charge on any atom is 0.343 e. The first-order valence-electron chi connectivity index (χ1n) is 15.3. The summed E-state index contributed by atoms with van der Waals surface area (Å²) in [6.45, 7) is 2.67. The fraction of sp³-hybridized carbons (Fsp3) is 0.154. The first-order chi connectivity index (χ1) is 22.9. The van der Waals surface area contributed by atoms with Crippen LogP contribution in [0.25, 0.3) is 0 Å². The molecule has 0 aliphatic carbocycles. The Bertz CT molecular complexity index is 1970. The smallest absolute Gasteiger partial charge is 0.343 e. The Morgan fingerprint density at radius 2 is 0.915 bits per heavy atom.